The van der Waals surface area contributed by atoms with Crippen LogP contribution < -0.4 is 0 Å². The highest BCUT2D eigenvalue weighted by Crippen LogP contribution is 2.25. The van der Waals surface area contributed by atoms with E-state index in [1.165, 1.54) is 0 Å². The first kappa shape index (κ1) is 15.6. The van der Waals surface area contributed by atoms with Crippen LogP contribution in [0.3, 0.4) is 0 Å². The molecule has 0 heterocycles. The van der Waals surface area contributed by atoms with Gasteiger partial charge in [-0.05, 0) is 35.4 Å². The molecule has 0 spiro atoms. The van der Waals surface area contributed by atoms with E-state index in [4.69, 9.17) is 0 Å². The van der Waals surface area contributed by atoms with Gasteiger partial charge >= 0.3 is 0 Å². The maximum Gasteiger partial charge on any atom is 0.104 e. The van der Waals surface area contributed by atoms with E-state index in [9.17, 15) is 5.11 Å². The third kappa shape index (κ3) is 4.11. The number of nitrogens with zero attached hydrogens (tertiary/aromatic N) is 2. The number of aliphatic imine (C=N–C) groups is 2. The maximum absolute atomic E-state index is 10.4. The Morgan fingerprint density at radius 3 is 1.41 bits per heavy atom. The molecular formula is C19H18N2O. The van der Waals surface area contributed by atoms with Crippen LogP contribution in [0.2, 0.25) is 0 Å². The van der Waals surface area contributed by atoms with Crippen molar-refractivity contribution in [2.75, 3.05) is 0 Å². The van der Waals surface area contributed by atoms with E-state index in [2.05, 4.69) is 23.1 Å². The van der Waals surface area contributed by atoms with Crippen LogP contribution in [0.25, 0.3) is 0 Å². The second-order valence-electron chi connectivity index (χ2n) is 4.61. The number of hydrogen-bond acceptors (Lipinski definition) is 3. The van der Waals surface area contributed by atoms with Crippen molar-refractivity contribution >= 4 is 23.8 Å². The Hall–Kier alpha value is -2.78. The molecule has 0 atom stereocenters. The van der Waals surface area contributed by atoms with Gasteiger partial charge in [0.05, 0.1) is 11.4 Å². The fourth-order valence-electron chi connectivity index (χ4n) is 1.96. The SMILES string of the molecule is C=CC=Nc1ccc(C(O)c2ccc(N=CC=C)cc2)cc1. The third-order valence-corrected chi connectivity index (χ3v) is 3.08. The predicted octanol–water partition coefficient (Wildman–Crippen LogP) is 4.54. The van der Waals surface area contributed by atoms with E-state index in [0.717, 1.165) is 22.5 Å². The molecule has 3 nitrogen and oxygen atoms in total. The van der Waals surface area contributed by atoms with Crippen molar-refractivity contribution in [1.29, 1.82) is 0 Å². The van der Waals surface area contributed by atoms with Crippen LogP contribution in [0.4, 0.5) is 11.4 Å². The fourth-order valence-corrected chi connectivity index (χ4v) is 1.96. The lowest BCUT2D eigenvalue weighted by Crippen LogP contribution is -1.98. The summed E-state index contributed by atoms with van der Waals surface area (Å²) in [7, 11) is 0. The van der Waals surface area contributed by atoms with Gasteiger partial charge in [-0.25, -0.2) is 0 Å². The first-order valence-corrected chi connectivity index (χ1v) is 6.93. The number of aliphatic hydroxyl groups is 1. The van der Waals surface area contributed by atoms with Crippen molar-refractivity contribution < 1.29 is 5.11 Å². The van der Waals surface area contributed by atoms with Gasteiger partial charge in [-0.2, -0.15) is 0 Å². The molecule has 1 N–H and O–H groups in total. The van der Waals surface area contributed by atoms with Crippen LogP contribution in [0.1, 0.15) is 17.2 Å². The molecule has 0 radical (unpaired) electrons. The number of aliphatic hydroxyl groups excluding tert-OH is 1. The van der Waals surface area contributed by atoms with Crippen LogP contribution in [-0.4, -0.2) is 17.5 Å². The summed E-state index contributed by atoms with van der Waals surface area (Å²) >= 11 is 0. The Kier molecular flexibility index (Phi) is 5.57. The Morgan fingerprint density at radius 2 is 1.09 bits per heavy atom. The van der Waals surface area contributed by atoms with E-state index in [-0.39, 0.29) is 0 Å². The average Bonchev–Trinajstić information content (AvgIpc) is 2.58. The molecule has 3 heteroatoms. The molecule has 22 heavy (non-hydrogen) atoms. The summed E-state index contributed by atoms with van der Waals surface area (Å²) in [5.74, 6) is 0. The summed E-state index contributed by atoms with van der Waals surface area (Å²) in [6.07, 6.45) is 5.84. The maximum atomic E-state index is 10.4. The number of benzene rings is 2. The van der Waals surface area contributed by atoms with Crippen LogP contribution >= 0.6 is 0 Å². The molecule has 0 saturated heterocycles. The van der Waals surface area contributed by atoms with Gasteiger partial charge in [0.15, 0.2) is 0 Å². The third-order valence-electron chi connectivity index (χ3n) is 3.08. The van der Waals surface area contributed by atoms with Crippen LogP contribution in [-0.2, 0) is 0 Å². The fraction of sp³-hybridized carbons (Fsp3) is 0.0526. The Bertz CT molecular complexity index is 621. The zero-order valence-electron chi connectivity index (χ0n) is 12.3. The minimum atomic E-state index is -0.671. The minimum Gasteiger partial charge on any atom is -0.384 e. The van der Waals surface area contributed by atoms with Gasteiger partial charge < -0.3 is 5.11 Å². The van der Waals surface area contributed by atoms with Gasteiger partial charge in [-0.1, -0.05) is 49.6 Å². The molecule has 0 aliphatic heterocycles. The summed E-state index contributed by atoms with van der Waals surface area (Å²) in [6, 6.07) is 14.9. The van der Waals surface area contributed by atoms with Gasteiger partial charge in [0, 0.05) is 12.4 Å². The minimum absolute atomic E-state index is 0.671. The van der Waals surface area contributed by atoms with Crippen molar-refractivity contribution in [1.82, 2.24) is 0 Å². The molecule has 110 valence electrons. The quantitative estimate of drug-likeness (QED) is 0.780. The number of hydrogen-bond donors (Lipinski definition) is 1. The lowest BCUT2D eigenvalue weighted by atomic mass is 10.0. The smallest absolute Gasteiger partial charge is 0.104 e. The lowest BCUT2D eigenvalue weighted by molar-refractivity contribution is 0.220. The van der Waals surface area contributed by atoms with Crippen molar-refractivity contribution in [3.05, 3.63) is 85.0 Å². The second kappa shape index (κ2) is 7.86. The van der Waals surface area contributed by atoms with Gasteiger partial charge in [0.1, 0.15) is 6.10 Å². The number of allylic oxidation sites excluding steroid dienone is 2. The molecule has 2 rings (SSSR count). The zero-order valence-corrected chi connectivity index (χ0v) is 12.3. The largest absolute Gasteiger partial charge is 0.384 e. The lowest BCUT2D eigenvalue weighted by Gasteiger charge is -2.11. The van der Waals surface area contributed by atoms with Crippen molar-refractivity contribution in [2.45, 2.75) is 6.10 Å². The highest BCUT2D eigenvalue weighted by atomic mass is 16.3. The highest BCUT2D eigenvalue weighted by Gasteiger charge is 2.09. The Labute approximate surface area is 130 Å². The molecule has 0 aromatic heterocycles. The molecule has 2 aromatic rings. The summed E-state index contributed by atoms with van der Waals surface area (Å²) in [4.78, 5) is 8.38. The molecule has 0 bridgehead atoms. The van der Waals surface area contributed by atoms with E-state index in [0.29, 0.717) is 0 Å². The standard InChI is InChI=1S/C19H18N2O/c1-3-13-20-17-9-5-15(6-10-17)19(22)16-7-11-18(12-8-16)21-14-4-2/h3-14,19,22H,1-2H2. The molecule has 0 amide bonds. The molecular weight excluding hydrogens is 272 g/mol. The predicted molar refractivity (Wildman–Crippen MR) is 93.6 cm³/mol. The van der Waals surface area contributed by atoms with E-state index in [1.807, 2.05) is 48.5 Å². The first-order chi connectivity index (χ1) is 10.7. The normalized spacial score (nSPS) is 12.6. The second-order valence-corrected chi connectivity index (χ2v) is 4.61. The molecule has 0 aliphatic carbocycles. The van der Waals surface area contributed by atoms with Crippen molar-refractivity contribution in [3.63, 3.8) is 0 Å². The van der Waals surface area contributed by atoms with E-state index in [1.54, 1.807) is 24.6 Å². The first-order valence-electron chi connectivity index (χ1n) is 6.93. The summed E-state index contributed by atoms with van der Waals surface area (Å²) in [5, 5.41) is 10.4. The number of rotatable bonds is 6. The summed E-state index contributed by atoms with van der Waals surface area (Å²) in [5.41, 5.74) is 3.29. The van der Waals surface area contributed by atoms with Gasteiger partial charge in [-0.15, -0.1) is 0 Å². The van der Waals surface area contributed by atoms with E-state index < -0.39 is 6.10 Å². The van der Waals surface area contributed by atoms with Gasteiger partial charge in [0.25, 0.3) is 0 Å². The topological polar surface area (TPSA) is 45.0 Å². The summed E-state index contributed by atoms with van der Waals surface area (Å²) in [6.45, 7) is 7.16. The molecule has 2 aromatic carbocycles. The van der Waals surface area contributed by atoms with Crippen molar-refractivity contribution in [3.8, 4) is 0 Å². The average molecular weight is 290 g/mol. The summed E-state index contributed by atoms with van der Waals surface area (Å²) < 4.78 is 0. The Morgan fingerprint density at radius 1 is 0.727 bits per heavy atom. The molecule has 0 unspecified atom stereocenters. The Balaban J connectivity index is 2.14. The van der Waals surface area contributed by atoms with Gasteiger partial charge in [0.2, 0.25) is 0 Å². The van der Waals surface area contributed by atoms with Crippen LogP contribution in [0.5, 0.6) is 0 Å². The molecule has 0 aliphatic rings. The van der Waals surface area contributed by atoms with Crippen LogP contribution in [0.15, 0.2) is 83.8 Å². The molecule has 0 saturated carbocycles. The monoisotopic (exact) mass is 290 g/mol. The van der Waals surface area contributed by atoms with Crippen LogP contribution in [0, 0.1) is 0 Å². The molecule has 0 fully saturated rings. The zero-order chi connectivity index (χ0) is 15.8. The highest BCUT2D eigenvalue weighted by molar-refractivity contribution is 5.74. The van der Waals surface area contributed by atoms with Crippen molar-refractivity contribution in [2.24, 2.45) is 9.98 Å². The van der Waals surface area contributed by atoms with Gasteiger partial charge in [-0.3, -0.25) is 9.98 Å². The van der Waals surface area contributed by atoms with E-state index >= 15 is 0 Å².